The molecular weight excluding hydrogens is 306 g/mol. The first kappa shape index (κ1) is 15.5. The number of ether oxygens (including phenoxy) is 1. The van der Waals surface area contributed by atoms with E-state index in [1.165, 1.54) is 22.2 Å². The molecule has 1 aromatic heterocycles. The summed E-state index contributed by atoms with van der Waals surface area (Å²) in [4.78, 5) is 0. The van der Waals surface area contributed by atoms with Gasteiger partial charge in [-0.05, 0) is 41.8 Å². The molecule has 0 aliphatic rings. The van der Waals surface area contributed by atoms with Gasteiger partial charge in [-0.2, -0.15) is 0 Å². The molecule has 0 aliphatic heterocycles. The van der Waals surface area contributed by atoms with Crippen molar-refractivity contribution in [2.75, 3.05) is 0 Å². The minimum atomic E-state index is 0.586. The average molecular weight is 327 g/mol. The SMILES string of the molecule is Cc1ccccc1Cn1ccc2c(OCc3ccccc3)cccc21. The van der Waals surface area contributed by atoms with E-state index in [-0.39, 0.29) is 0 Å². The van der Waals surface area contributed by atoms with Crippen molar-refractivity contribution in [3.8, 4) is 5.75 Å². The highest BCUT2D eigenvalue weighted by Gasteiger charge is 2.08. The van der Waals surface area contributed by atoms with Crippen molar-refractivity contribution < 1.29 is 4.74 Å². The van der Waals surface area contributed by atoms with Crippen molar-refractivity contribution in [2.45, 2.75) is 20.1 Å². The normalized spacial score (nSPS) is 10.9. The van der Waals surface area contributed by atoms with Crippen LogP contribution in [0.15, 0.2) is 85.1 Å². The molecule has 4 aromatic rings. The van der Waals surface area contributed by atoms with Crippen molar-refractivity contribution in [3.63, 3.8) is 0 Å². The van der Waals surface area contributed by atoms with Crippen LogP contribution in [0.5, 0.6) is 5.75 Å². The lowest BCUT2D eigenvalue weighted by atomic mass is 10.1. The van der Waals surface area contributed by atoms with E-state index in [0.717, 1.165) is 17.7 Å². The number of fused-ring (bicyclic) bond motifs is 1. The molecule has 0 unspecified atom stereocenters. The van der Waals surface area contributed by atoms with Crippen molar-refractivity contribution in [3.05, 3.63) is 102 Å². The molecule has 0 spiro atoms. The van der Waals surface area contributed by atoms with Crippen molar-refractivity contribution in [1.82, 2.24) is 4.57 Å². The van der Waals surface area contributed by atoms with E-state index in [9.17, 15) is 0 Å². The van der Waals surface area contributed by atoms with Gasteiger partial charge in [0.1, 0.15) is 12.4 Å². The van der Waals surface area contributed by atoms with Gasteiger partial charge in [0.2, 0.25) is 0 Å². The molecule has 2 nitrogen and oxygen atoms in total. The molecule has 1 heterocycles. The van der Waals surface area contributed by atoms with Gasteiger partial charge in [0, 0.05) is 18.1 Å². The van der Waals surface area contributed by atoms with Crippen LogP contribution < -0.4 is 4.74 Å². The molecule has 4 rings (SSSR count). The molecular formula is C23H21NO. The minimum absolute atomic E-state index is 0.586. The van der Waals surface area contributed by atoms with E-state index in [0.29, 0.717) is 6.61 Å². The third-order valence-corrected chi connectivity index (χ3v) is 4.61. The summed E-state index contributed by atoms with van der Waals surface area (Å²) < 4.78 is 8.36. The van der Waals surface area contributed by atoms with Gasteiger partial charge in [0.15, 0.2) is 0 Å². The van der Waals surface area contributed by atoms with E-state index >= 15 is 0 Å². The lowest BCUT2D eigenvalue weighted by Gasteiger charge is -2.10. The Bertz CT molecular complexity index is 985. The fourth-order valence-corrected chi connectivity index (χ4v) is 3.17. The predicted molar refractivity (Wildman–Crippen MR) is 103 cm³/mol. The Morgan fingerprint density at radius 2 is 1.60 bits per heavy atom. The summed E-state index contributed by atoms with van der Waals surface area (Å²) in [5.41, 5.74) is 5.05. The third kappa shape index (κ3) is 3.29. The van der Waals surface area contributed by atoms with Gasteiger partial charge in [-0.25, -0.2) is 0 Å². The van der Waals surface area contributed by atoms with Crippen molar-refractivity contribution in [1.29, 1.82) is 0 Å². The molecule has 25 heavy (non-hydrogen) atoms. The summed E-state index contributed by atoms with van der Waals surface area (Å²) in [7, 11) is 0. The molecule has 124 valence electrons. The molecule has 0 bridgehead atoms. The van der Waals surface area contributed by atoms with E-state index < -0.39 is 0 Å². The number of hydrogen-bond donors (Lipinski definition) is 0. The highest BCUT2D eigenvalue weighted by molar-refractivity contribution is 5.86. The maximum atomic E-state index is 6.08. The van der Waals surface area contributed by atoms with Gasteiger partial charge in [-0.15, -0.1) is 0 Å². The van der Waals surface area contributed by atoms with Crippen LogP contribution in [0.1, 0.15) is 16.7 Å². The van der Waals surface area contributed by atoms with Crippen LogP contribution in [0.2, 0.25) is 0 Å². The Balaban J connectivity index is 1.61. The number of nitrogens with zero attached hydrogens (tertiary/aromatic N) is 1. The first-order valence-corrected chi connectivity index (χ1v) is 8.60. The number of aromatic nitrogens is 1. The standard InChI is InChI=1S/C23H21NO/c1-18-8-5-6-11-20(18)16-24-15-14-21-22(24)12-7-13-23(21)25-17-19-9-3-2-4-10-19/h2-15H,16-17H2,1H3. The maximum Gasteiger partial charge on any atom is 0.129 e. The topological polar surface area (TPSA) is 14.2 Å². The van der Waals surface area contributed by atoms with Crippen LogP contribution in [0.25, 0.3) is 10.9 Å². The van der Waals surface area contributed by atoms with Gasteiger partial charge in [-0.3, -0.25) is 0 Å². The lowest BCUT2D eigenvalue weighted by Crippen LogP contribution is -2.00. The van der Waals surface area contributed by atoms with Crippen LogP contribution in [0.4, 0.5) is 0 Å². The second-order valence-electron chi connectivity index (χ2n) is 6.33. The van der Waals surface area contributed by atoms with Gasteiger partial charge in [0.05, 0.1) is 5.52 Å². The molecule has 0 fully saturated rings. The quantitative estimate of drug-likeness (QED) is 0.467. The van der Waals surface area contributed by atoms with E-state index in [1.54, 1.807) is 0 Å². The molecule has 0 aliphatic carbocycles. The Kier molecular flexibility index (Phi) is 4.26. The molecule has 3 aromatic carbocycles. The fraction of sp³-hybridized carbons (Fsp3) is 0.130. The van der Waals surface area contributed by atoms with Crippen LogP contribution in [0, 0.1) is 6.92 Å². The van der Waals surface area contributed by atoms with Gasteiger partial charge in [0.25, 0.3) is 0 Å². The molecule has 0 radical (unpaired) electrons. The van der Waals surface area contributed by atoms with Gasteiger partial charge >= 0.3 is 0 Å². The van der Waals surface area contributed by atoms with E-state index in [2.05, 4.69) is 72.3 Å². The Labute approximate surface area is 148 Å². The second-order valence-corrected chi connectivity index (χ2v) is 6.33. The third-order valence-electron chi connectivity index (χ3n) is 4.61. The highest BCUT2D eigenvalue weighted by atomic mass is 16.5. The van der Waals surface area contributed by atoms with Crippen LogP contribution in [0.3, 0.4) is 0 Å². The zero-order chi connectivity index (χ0) is 17.1. The summed E-state index contributed by atoms with van der Waals surface area (Å²) in [5, 5.41) is 1.16. The predicted octanol–water partition coefficient (Wildman–Crippen LogP) is 5.58. The summed E-state index contributed by atoms with van der Waals surface area (Å²) in [5.74, 6) is 0.935. The smallest absolute Gasteiger partial charge is 0.129 e. The van der Waals surface area contributed by atoms with Gasteiger partial charge in [-0.1, -0.05) is 60.7 Å². The zero-order valence-electron chi connectivity index (χ0n) is 14.4. The average Bonchev–Trinajstić information content (AvgIpc) is 3.06. The number of rotatable bonds is 5. The van der Waals surface area contributed by atoms with Crippen LogP contribution >= 0.6 is 0 Å². The Morgan fingerprint density at radius 1 is 0.800 bits per heavy atom. The lowest BCUT2D eigenvalue weighted by molar-refractivity contribution is 0.310. The summed E-state index contributed by atoms with van der Waals surface area (Å²) in [6.07, 6.45) is 2.15. The van der Waals surface area contributed by atoms with Crippen LogP contribution in [-0.2, 0) is 13.2 Å². The highest BCUT2D eigenvalue weighted by Crippen LogP contribution is 2.28. The van der Waals surface area contributed by atoms with Crippen LogP contribution in [-0.4, -0.2) is 4.57 Å². The van der Waals surface area contributed by atoms with Gasteiger partial charge < -0.3 is 9.30 Å². The summed E-state index contributed by atoms with van der Waals surface area (Å²) >= 11 is 0. The fourth-order valence-electron chi connectivity index (χ4n) is 3.17. The molecule has 0 atom stereocenters. The monoisotopic (exact) mass is 327 g/mol. The molecule has 0 amide bonds. The molecule has 2 heteroatoms. The summed E-state index contributed by atoms with van der Waals surface area (Å²) in [6.45, 7) is 3.62. The largest absolute Gasteiger partial charge is 0.488 e. The van der Waals surface area contributed by atoms with Crippen molar-refractivity contribution >= 4 is 10.9 Å². The molecule has 0 saturated heterocycles. The molecule has 0 N–H and O–H groups in total. The van der Waals surface area contributed by atoms with E-state index in [1.807, 2.05) is 24.3 Å². The summed E-state index contributed by atoms with van der Waals surface area (Å²) in [6, 6.07) is 27.2. The Hall–Kier alpha value is -3.00. The minimum Gasteiger partial charge on any atom is -0.488 e. The number of benzene rings is 3. The zero-order valence-corrected chi connectivity index (χ0v) is 14.4. The molecule has 0 saturated carbocycles. The van der Waals surface area contributed by atoms with E-state index in [4.69, 9.17) is 4.74 Å². The van der Waals surface area contributed by atoms with Crippen molar-refractivity contribution in [2.24, 2.45) is 0 Å². The first-order chi connectivity index (χ1) is 12.3. The second kappa shape index (κ2) is 6.86. The maximum absolute atomic E-state index is 6.08. The number of aryl methyl sites for hydroxylation is 1. The Morgan fingerprint density at radius 3 is 2.44 bits per heavy atom. The number of hydrogen-bond acceptors (Lipinski definition) is 1. The first-order valence-electron chi connectivity index (χ1n) is 8.60.